The van der Waals surface area contributed by atoms with E-state index in [4.69, 9.17) is 4.74 Å². The third-order valence-corrected chi connectivity index (χ3v) is 4.81. The molecule has 0 spiro atoms. The van der Waals surface area contributed by atoms with Gasteiger partial charge in [0.25, 0.3) is 0 Å². The van der Waals surface area contributed by atoms with Gasteiger partial charge in [0.2, 0.25) is 0 Å². The van der Waals surface area contributed by atoms with E-state index in [9.17, 15) is 0 Å². The second-order valence-corrected chi connectivity index (χ2v) is 7.23. The van der Waals surface area contributed by atoms with Crippen molar-refractivity contribution in [1.82, 2.24) is 10.2 Å². The third kappa shape index (κ3) is 4.85. The molecule has 4 heteroatoms. The fraction of sp³-hybridized carbons (Fsp3) is 0.750. The van der Waals surface area contributed by atoms with Crippen LogP contribution in [0.5, 0.6) is 0 Å². The molecule has 1 fully saturated rings. The average molecular weight is 296 g/mol. The second kappa shape index (κ2) is 7.55. The Kier molecular flexibility index (Phi) is 6.02. The highest BCUT2D eigenvalue weighted by molar-refractivity contribution is 7.07. The van der Waals surface area contributed by atoms with E-state index in [1.54, 1.807) is 11.3 Å². The van der Waals surface area contributed by atoms with Crippen LogP contribution < -0.4 is 5.32 Å². The summed E-state index contributed by atoms with van der Waals surface area (Å²) in [6, 6.07) is 2.78. The smallest absolute Gasteiger partial charge is 0.0472 e. The van der Waals surface area contributed by atoms with Gasteiger partial charge in [-0.15, -0.1) is 0 Å². The first-order chi connectivity index (χ1) is 9.60. The molecular formula is C16H28N2OS. The monoisotopic (exact) mass is 296 g/mol. The minimum absolute atomic E-state index is 0.368. The van der Waals surface area contributed by atoms with Crippen molar-refractivity contribution >= 4 is 11.3 Å². The normalized spacial score (nSPS) is 18.9. The maximum atomic E-state index is 5.57. The molecule has 0 aromatic carbocycles. The van der Waals surface area contributed by atoms with E-state index >= 15 is 0 Å². The summed E-state index contributed by atoms with van der Waals surface area (Å²) < 4.78 is 5.57. The molecule has 0 saturated carbocycles. The molecule has 1 saturated heterocycles. The first kappa shape index (κ1) is 16.0. The lowest BCUT2D eigenvalue weighted by Crippen LogP contribution is -2.47. The number of thiophene rings is 1. The first-order valence-electron chi connectivity index (χ1n) is 7.60. The van der Waals surface area contributed by atoms with Crippen molar-refractivity contribution in [3.05, 3.63) is 22.4 Å². The van der Waals surface area contributed by atoms with E-state index in [0.29, 0.717) is 11.5 Å². The van der Waals surface area contributed by atoms with Gasteiger partial charge in [-0.1, -0.05) is 13.8 Å². The Morgan fingerprint density at radius 1 is 1.40 bits per heavy atom. The minimum atomic E-state index is 0.368. The Bertz CT molecular complexity index is 372. The predicted molar refractivity (Wildman–Crippen MR) is 86.3 cm³/mol. The van der Waals surface area contributed by atoms with Crippen molar-refractivity contribution < 1.29 is 4.74 Å². The SMILES string of the molecule is CC(C)NCC1(CN(C)Cc2ccsc2)CCOCC1. The first-order valence-corrected chi connectivity index (χ1v) is 8.55. The zero-order valence-corrected chi connectivity index (χ0v) is 13.8. The van der Waals surface area contributed by atoms with Gasteiger partial charge in [0.1, 0.15) is 0 Å². The molecule has 2 heterocycles. The lowest BCUT2D eigenvalue weighted by molar-refractivity contribution is -0.00247. The quantitative estimate of drug-likeness (QED) is 0.837. The predicted octanol–water partition coefficient (Wildman–Crippen LogP) is 2.97. The molecule has 0 aliphatic carbocycles. The summed E-state index contributed by atoms with van der Waals surface area (Å²) in [6.45, 7) is 9.56. The van der Waals surface area contributed by atoms with Gasteiger partial charge in [-0.3, -0.25) is 0 Å². The molecule has 1 N–H and O–H groups in total. The number of nitrogens with one attached hydrogen (secondary N) is 1. The standard InChI is InChI=1S/C16H28N2OS/c1-14(2)17-12-16(5-7-19-8-6-16)13-18(3)10-15-4-9-20-11-15/h4,9,11,14,17H,5-8,10,12-13H2,1-3H3. The van der Waals surface area contributed by atoms with Crippen LogP contribution in [-0.4, -0.2) is 44.3 Å². The lowest BCUT2D eigenvalue weighted by Gasteiger charge is -2.40. The van der Waals surface area contributed by atoms with E-state index in [1.807, 2.05) is 0 Å². The molecule has 3 nitrogen and oxygen atoms in total. The molecule has 1 aromatic heterocycles. The Balaban J connectivity index is 1.92. The van der Waals surface area contributed by atoms with Crippen LogP contribution >= 0.6 is 11.3 Å². The Morgan fingerprint density at radius 2 is 2.15 bits per heavy atom. The molecule has 20 heavy (non-hydrogen) atoms. The number of hydrogen-bond donors (Lipinski definition) is 1. The maximum absolute atomic E-state index is 5.57. The van der Waals surface area contributed by atoms with Crippen molar-refractivity contribution in [2.45, 2.75) is 39.3 Å². The van der Waals surface area contributed by atoms with Crippen LogP contribution in [0.15, 0.2) is 16.8 Å². The van der Waals surface area contributed by atoms with E-state index in [0.717, 1.165) is 32.8 Å². The summed E-state index contributed by atoms with van der Waals surface area (Å²) in [5.41, 5.74) is 1.80. The van der Waals surface area contributed by atoms with E-state index in [1.165, 1.54) is 18.4 Å². The third-order valence-electron chi connectivity index (χ3n) is 4.08. The molecule has 0 atom stereocenters. The summed E-state index contributed by atoms with van der Waals surface area (Å²) in [5, 5.41) is 8.05. The zero-order valence-electron chi connectivity index (χ0n) is 13.0. The van der Waals surface area contributed by atoms with Gasteiger partial charge >= 0.3 is 0 Å². The number of hydrogen-bond acceptors (Lipinski definition) is 4. The van der Waals surface area contributed by atoms with Gasteiger partial charge in [0.05, 0.1) is 0 Å². The summed E-state index contributed by atoms with van der Waals surface area (Å²) >= 11 is 1.78. The van der Waals surface area contributed by atoms with E-state index in [2.05, 4.69) is 47.9 Å². The average Bonchev–Trinajstić information content (AvgIpc) is 2.90. The topological polar surface area (TPSA) is 24.5 Å². The molecule has 114 valence electrons. The molecule has 2 rings (SSSR count). The summed E-state index contributed by atoms with van der Waals surface area (Å²) in [6.07, 6.45) is 2.33. The van der Waals surface area contributed by atoms with Gasteiger partial charge in [-0.25, -0.2) is 0 Å². The van der Waals surface area contributed by atoms with Crippen molar-refractivity contribution in [1.29, 1.82) is 0 Å². The maximum Gasteiger partial charge on any atom is 0.0472 e. The highest BCUT2D eigenvalue weighted by Crippen LogP contribution is 2.31. The number of rotatable bonds is 7. The fourth-order valence-electron chi connectivity index (χ4n) is 2.94. The van der Waals surface area contributed by atoms with Crippen molar-refractivity contribution in [3.63, 3.8) is 0 Å². The Hall–Kier alpha value is -0.420. The van der Waals surface area contributed by atoms with Crippen LogP contribution in [0.2, 0.25) is 0 Å². The molecule has 1 aliphatic rings. The van der Waals surface area contributed by atoms with E-state index < -0.39 is 0 Å². The van der Waals surface area contributed by atoms with Crippen LogP contribution in [0, 0.1) is 5.41 Å². The lowest BCUT2D eigenvalue weighted by atomic mass is 9.79. The summed E-state index contributed by atoms with van der Waals surface area (Å²) in [4.78, 5) is 2.47. The number of nitrogens with zero attached hydrogens (tertiary/aromatic N) is 1. The van der Waals surface area contributed by atoms with Crippen LogP contribution in [0.4, 0.5) is 0 Å². The molecule has 0 radical (unpaired) electrons. The van der Waals surface area contributed by atoms with Gasteiger partial charge in [-0.05, 0) is 47.7 Å². The van der Waals surface area contributed by atoms with Crippen molar-refractivity contribution in [3.8, 4) is 0 Å². The van der Waals surface area contributed by atoms with Crippen LogP contribution in [0.25, 0.3) is 0 Å². The minimum Gasteiger partial charge on any atom is -0.381 e. The van der Waals surface area contributed by atoms with Gasteiger partial charge in [0, 0.05) is 38.9 Å². The van der Waals surface area contributed by atoms with Crippen LogP contribution in [0.3, 0.4) is 0 Å². The van der Waals surface area contributed by atoms with Crippen molar-refractivity contribution in [2.24, 2.45) is 5.41 Å². The Morgan fingerprint density at radius 3 is 2.75 bits per heavy atom. The fourth-order valence-corrected chi connectivity index (χ4v) is 3.60. The molecule has 1 aromatic rings. The van der Waals surface area contributed by atoms with Crippen molar-refractivity contribution in [2.75, 3.05) is 33.4 Å². The molecule has 0 unspecified atom stereocenters. The van der Waals surface area contributed by atoms with Gasteiger partial charge in [-0.2, -0.15) is 11.3 Å². The van der Waals surface area contributed by atoms with E-state index in [-0.39, 0.29) is 0 Å². The second-order valence-electron chi connectivity index (χ2n) is 6.45. The number of ether oxygens (including phenoxy) is 1. The Labute approximate surface area is 127 Å². The van der Waals surface area contributed by atoms with Crippen LogP contribution in [-0.2, 0) is 11.3 Å². The highest BCUT2D eigenvalue weighted by Gasteiger charge is 2.33. The molecule has 0 amide bonds. The van der Waals surface area contributed by atoms with Crippen LogP contribution in [0.1, 0.15) is 32.3 Å². The van der Waals surface area contributed by atoms with Gasteiger partial charge < -0.3 is 15.0 Å². The highest BCUT2D eigenvalue weighted by atomic mass is 32.1. The zero-order chi connectivity index (χ0) is 14.4. The molecule has 1 aliphatic heterocycles. The largest absolute Gasteiger partial charge is 0.381 e. The summed E-state index contributed by atoms with van der Waals surface area (Å²) in [7, 11) is 2.24. The summed E-state index contributed by atoms with van der Waals surface area (Å²) in [5.74, 6) is 0. The molecular weight excluding hydrogens is 268 g/mol. The molecule has 0 bridgehead atoms. The van der Waals surface area contributed by atoms with Gasteiger partial charge in [0.15, 0.2) is 0 Å².